The number of fused-ring (bicyclic) bond motifs is 1. The van der Waals surface area contributed by atoms with Crippen LogP contribution in [0.15, 0.2) is 83.9 Å². The number of aromatic nitrogens is 1. The van der Waals surface area contributed by atoms with Crippen LogP contribution in [0.25, 0.3) is 16.6 Å². The number of sulfonamides is 1. The number of nitrogens with one attached hydrogen (secondary N) is 1. The van der Waals surface area contributed by atoms with Gasteiger partial charge in [0, 0.05) is 23.0 Å². The van der Waals surface area contributed by atoms with Crippen molar-refractivity contribution in [2.24, 2.45) is 5.14 Å². The lowest BCUT2D eigenvalue weighted by molar-refractivity contribution is -0.112. The van der Waals surface area contributed by atoms with Crippen molar-refractivity contribution in [1.29, 1.82) is 0 Å². The molecule has 0 bridgehead atoms. The molecular formula is C22H16FN3O4S. The average Bonchev–Trinajstić information content (AvgIpc) is 3.13. The van der Waals surface area contributed by atoms with E-state index in [0.29, 0.717) is 16.6 Å². The number of halogens is 1. The maximum atomic E-state index is 13.4. The number of hydrogen-bond donors (Lipinski definition) is 2. The molecule has 0 radical (unpaired) electrons. The largest absolute Gasteiger partial charge is 0.319 e. The molecular weight excluding hydrogens is 421 g/mol. The molecule has 3 N–H and O–H groups in total. The summed E-state index contributed by atoms with van der Waals surface area (Å²) in [6.07, 6.45) is 1.66. The summed E-state index contributed by atoms with van der Waals surface area (Å²) in [5, 5.41) is 7.52. The lowest BCUT2D eigenvalue weighted by Crippen LogP contribution is -2.24. The predicted octanol–water partition coefficient (Wildman–Crippen LogP) is 3.21. The summed E-state index contributed by atoms with van der Waals surface area (Å²) in [5.74, 6) is -2.13. The van der Waals surface area contributed by atoms with Crippen LogP contribution >= 0.6 is 0 Å². The van der Waals surface area contributed by atoms with Crippen molar-refractivity contribution < 1.29 is 22.4 Å². The highest BCUT2D eigenvalue weighted by molar-refractivity contribution is 7.89. The minimum Gasteiger partial charge on any atom is -0.319 e. The van der Waals surface area contributed by atoms with Gasteiger partial charge in [-0.3, -0.25) is 9.59 Å². The normalized spacial score (nSPS) is 11.4. The molecule has 2 aromatic carbocycles. The zero-order valence-corrected chi connectivity index (χ0v) is 16.8. The lowest BCUT2D eigenvalue weighted by Gasteiger charge is -2.08. The zero-order chi connectivity index (χ0) is 22.2. The fourth-order valence-corrected chi connectivity index (χ4v) is 3.74. The number of carbonyl (C=O) groups excluding carboxylic acids is 2. The number of pyridine rings is 1. The number of ketones is 1. The van der Waals surface area contributed by atoms with Gasteiger partial charge in [0.25, 0.3) is 11.7 Å². The fraction of sp³-hybridized carbons (Fsp3) is 0. The Balaban J connectivity index is 1.70. The molecule has 9 heteroatoms. The standard InChI is InChI=1S/C22H16FN3O4S/c23-15-6-4-14(5-7-15)19-13-17-3-1-2-12-26(17)20(19)21(27)22(28)25-16-8-10-18(11-9-16)31(24,29)30/h1-13H,(H,25,28)(H2,24,29,30). The molecule has 0 saturated carbocycles. The molecule has 0 aliphatic carbocycles. The molecule has 0 saturated heterocycles. The Kier molecular flexibility index (Phi) is 5.14. The molecule has 7 nitrogen and oxygen atoms in total. The molecule has 0 aliphatic rings. The van der Waals surface area contributed by atoms with Crippen molar-refractivity contribution in [2.45, 2.75) is 4.90 Å². The van der Waals surface area contributed by atoms with E-state index in [1.165, 1.54) is 48.5 Å². The predicted molar refractivity (Wildman–Crippen MR) is 114 cm³/mol. The number of anilines is 1. The number of nitrogens with two attached hydrogens (primary N) is 1. The number of Topliss-reactive ketones (excluding diaryl/α,β-unsaturated/α-hetero) is 1. The minimum absolute atomic E-state index is 0.118. The van der Waals surface area contributed by atoms with Crippen LogP contribution in [0, 0.1) is 5.82 Å². The van der Waals surface area contributed by atoms with Gasteiger partial charge in [-0.15, -0.1) is 0 Å². The van der Waals surface area contributed by atoms with Crippen LogP contribution in [0.2, 0.25) is 0 Å². The second kappa shape index (κ2) is 7.78. The monoisotopic (exact) mass is 437 g/mol. The fourth-order valence-electron chi connectivity index (χ4n) is 3.23. The Bertz CT molecular complexity index is 1410. The van der Waals surface area contributed by atoms with Gasteiger partial charge >= 0.3 is 0 Å². The molecule has 2 aromatic heterocycles. The van der Waals surface area contributed by atoms with Gasteiger partial charge in [0.2, 0.25) is 10.0 Å². The summed E-state index contributed by atoms with van der Waals surface area (Å²) in [4.78, 5) is 25.7. The van der Waals surface area contributed by atoms with Crippen LogP contribution in [0.3, 0.4) is 0 Å². The van der Waals surface area contributed by atoms with E-state index in [4.69, 9.17) is 5.14 Å². The van der Waals surface area contributed by atoms with Crippen molar-refractivity contribution in [3.05, 3.63) is 90.5 Å². The van der Waals surface area contributed by atoms with Crippen LogP contribution in [-0.2, 0) is 14.8 Å². The molecule has 4 aromatic rings. The maximum absolute atomic E-state index is 13.4. The number of amides is 1. The third-order valence-electron chi connectivity index (χ3n) is 4.70. The maximum Gasteiger partial charge on any atom is 0.298 e. The van der Waals surface area contributed by atoms with E-state index >= 15 is 0 Å². The molecule has 0 atom stereocenters. The molecule has 0 spiro atoms. The van der Waals surface area contributed by atoms with Gasteiger partial charge in [-0.25, -0.2) is 17.9 Å². The van der Waals surface area contributed by atoms with Crippen molar-refractivity contribution in [3.8, 4) is 11.1 Å². The SMILES string of the molecule is NS(=O)(=O)c1ccc(NC(=O)C(=O)c2c(-c3ccc(F)cc3)cc3ccccn23)cc1. The van der Waals surface area contributed by atoms with E-state index in [9.17, 15) is 22.4 Å². The first-order chi connectivity index (χ1) is 14.7. The van der Waals surface area contributed by atoms with Crippen LogP contribution in [0.1, 0.15) is 10.5 Å². The van der Waals surface area contributed by atoms with E-state index in [2.05, 4.69) is 5.32 Å². The highest BCUT2D eigenvalue weighted by atomic mass is 32.2. The van der Waals surface area contributed by atoms with E-state index in [1.54, 1.807) is 34.9 Å². The summed E-state index contributed by atoms with van der Waals surface area (Å²) in [7, 11) is -3.87. The Hall–Kier alpha value is -3.82. The Morgan fingerprint density at radius 3 is 2.26 bits per heavy atom. The summed E-state index contributed by atoms with van der Waals surface area (Å²) >= 11 is 0. The van der Waals surface area contributed by atoms with Gasteiger partial charge < -0.3 is 9.72 Å². The summed E-state index contributed by atoms with van der Waals surface area (Å²) < 4.78 is 37.7. The van der Waals surface area contributed by atoms with Gasteiger partial charge in [0.1, 0.15) is 11.5 Å². The highest BCUT2D eigenvalue weighted by Crippen LogP contribution is 2.29. The molecule has 156 valence electrons. The second-order valence-corrected chi connectivity index (χ2v) is 8.32. The van der Waals surface area contributed by atoms with Crippen molar-refractivity contribution in [1.82, 2.24) is 4.40 Å². The molecule has 2 heterocycles. The van der Waals surface area contributed by atoms with Gasteiger partial charge in [0.15, 0.2) is 0 Å². The van der Waals surface area contributed by atoms with Crippen molar-refractivity contribution in [2.75, 3.05) is 5.32 Å². The average molecular weight is 437 g/mol. The van der Waals surface area contributed by atoms with Gasteiger partial charge in [-0.05, 0) is 60.2 Å². The first-order valence-corrected chi connectivity index (χ1v) is 10.6. The molecule has 1 amide bonds. The Morgan fingerprint density at radius 1 is 0.935 bits per heavy atom. The third-order valence-corrected chi connectivity index (χ3v) is 5.63. The third kappa shape index (κ3) is 4.09. The second-order valence-electron chi connectivity index (χ2n) is 6.76. The van der Waals surface area contributed by atoms with E-state index < -0.39 is 27.5 Å². The van der Waals surface area contributed by atoms with E-state index in [-0.39, 0.29) is 16.3 Å². The number of nitrogens with zero attached hydrogens (tertiary/aromatic N) is 1. The van der Waals surface area contributed by atoms with E-state index in [0.717, 1.165) is 0 Å². The molecule has 0 unspecified atom stereocenters. The Labute approximate surface area is 177 Å². The van der Waals surface area contributed by atoms with Gasteiger partial charge in [-0.2, -0.15) is 0 Å². The van der Waals surface area contributed by atoms with Crippen molar-refractivity contribution in [3.63, 3.8) is 0 Å². The van der Waals surface area contributed by atoms with E-state index in [1.807, 2.05) is 0 Å². The highest BCUT2D eigenvalue weighted by Gasteiger charge is 2.25. The van der Waals surface area contributed by atoms with Crippen LogP contribution < -0.4 is 10.5 Å². The summed E-state index contributed by atoms with van der Waals surface area (Å²) in [6, 6.07) is 17.8. The van der Waals surface area contributed by atoms with Crippen molar-refractivity contribution >= 4 is 32.9 Å². The Morgan fingerprint density at radius 2 is 1.61 bits per heavy atom. The zero-order valence-electron chi connectivity index (χ0n) is 15.9. The van der Waals surface area contributed by atoms with Crippen LogP contribution in [0.5, 0.6) is 0 Å². The molecule has 0 fully saturated rings. The topological polar surface area (TPSA) is 111 Å². The summed E-state index contributed by atoms with van der Waals surface area (Å²) in [6.45, 7) is 0. The number of benzene rings is 2. The smallest absolute Gasteiger partial charge is 0.298 e. The first-order valence-electron chi connectivity index (χ1n) is 9.08. The van der Waals surface area contributed by atoms with Gasteiger partial charge in [0.05, 0.1) is 4.90 Å². The summed E-state index contributed by atoms with van der Waals surface area (Å²) in [5.41, 5.74) is 2.11. The molecule has 4 rings (SSSR count). The van der Waals surface area contributed by atoms with Crippen LogP contribution in [0.4, 0.5) is 10.1 Å². The lowest BCUT2D eigenvalue weighted by atomic mass is 10.0. The quantitative estimate of drug-likeness (QED) is 0.369. The molecule has 31 heavy (non-hydrogen) atoms. The first kappa shape index (κ1) is 20.5. The minimum atomic E-state index is -3.87. The van der Waals surface area contributed by atoms with Crippen LogP contribution in [-0.4, -0.2) is 24.5 Å². The number of hydrogen-bond acceptors (Lipinski definition) is 4. The number of primary sulfonamides is 1. The number of carbonyl (C=O) groups is 2. The number of rotatable bonds is 5. The molecule has 0 aliphatic heterocycles. The van der Waals surface area contributed by atoms with Gasteiger partial charge in [-0.1, -0.05) is 18.2 Å².